The quantitative estimate of drug-likeness (QED) is 0.859. The third-order valence-corrected chi connectivity index (χ3v) is 3.33. The lowest BCUT2D eigenvalue weighted by molar-refractivity contribution is -0.121. The van der Waals surface area contributed by atoms with Gasteiger partial charge in [-0.3, -0.25) is 4.79 Å². The predicted octanol–water partition coefficient (Wildman–Crippen LogP) is 1.89. The number of hydrogen-bond acceptors (Lipinski definition) is 3. The highest BCUT2D eigenvalue weighted by atomic mass is 16.3. The Hall–Kier alpha value is -1.55. The van der Waals surface area contributed by atoms with E-state index in [1.54, 1.807) is 23.1 Å². The van der Waals surface area contributed by atoms with Crippen molar-refractivity contribution in [1.29, 1.82) is 0 Å². The largest absolute Gasteiger partial charge is 0.508 e. The molecule has 0 unspecified atom stereocenters. The molecule has 1 aliphatic rings. The van der Waals surface area contributed by atoms with Crippen LogP contribution in [0, 0.1) is 0 Å². The maximum atomic E-state index is 12.4. The number of benzene rings is 1. The van der Waals surface area contributed by atoms with Gasteiger partial charge in [0.2, 0.25) is 5.91 Å². The molecule has 1 atom stereocenters. The van der Waals surface area contributed by atoms with Crippen LogP contribution in [-0.2, 0) is 4.79 Å². The van der Waals surface area contributed by atoms with Crippen molar-refractivity contribution in [2.75, 3.05) is 18.0 Å². The molecule has 4 nitrogen and oxygen atoms in total. The van der Waals surface area contributed by atoms with Crippen LogP contribution >= 0.6 is 0 Å². The van der Waals surface area contributed by atoms with E-state index in [4.69, 9.17) is 0 Å². The van der Waals surface area contributed by atoms with E-state index in [0.29, 0.717) is 6.54 Å². The zero-order valence-electron chi connectivity index (χ0n) is 10.7. The van der Waals surface area contributed by atoms with Crippen molar-refractivity contribution in [1.82, 2.24) is 5.32 Å². The van der Waals surface area contributed by atoms with Crippen molar-refractivity contribution in [2.24, 2.45) is 0 Å². The van der Waals surface area contributed by atoms with E-state index in [-0.39, 0.29) is 17.7 Å². The fourth-order valence-electron chi connectivity index (χ4n) is 2.38. The molecule has 0 radical (unpaired) electrons. The predicted molar refractivity (Wildman–Crippen MR) is 71.8 cm³/mol. The highest BCUT2D eigenvalue weighted by molar-refractivity contribution is 5.97. The Morgan fingerprint density at radius 2 is 2.33 bits per heavy atom. The van der Waals surface area contributed by atoms with Crippen molar-refractivity contribution in [3.05, 3.63) is 24.3 Å². The second-order valence-corrected chi connectivity index (χ2v) is 4.60. The molecule has 1 aliphatic heterocycles. The highest BCUT2D eigenvalue weighted by Crippen LogP contribution is 2.21. The lowest BCUT2D eigenvalue weighted by atomic mass is 10.0. The lowest BCUT2D eigenvalue weighted by Crippen LogP contribution is -2.48. The van der Waals surface area contributed by atoms with Crippen LogP contribution in [0.3, 0.4) is 0 Å². The van der Waals surface area contributed by atoms with Gasteiger partial charge in [-0.15, -0.1) is 0 Å². The molecule has 1 saturated heterocycles. The lowest BCUT2D eigenvalue weighted by Gasteiger charge is -2.29. The minimum atomic E-state index is -0.0824. The Labute approximate surface area is 108 Å². The number of rotatable bonds is 3. The molecule has 98 valence electrons. The summed E-state index contributed by atoms with van der Waals surface area (Å²) in [5.41, 5.74) is 0.759. The van der Waals surface area contributed by atoms with Gasteiger partial charge in [-0.2, -0.15) is 0 Å². The molecule has 0 aromatic heterocycles. The van der Waals surface area contributed by atoms with Gasteiger partial charge >= 0.3 is 0 Å². The number of carbonyl (C=O) groups excluding carboxylic acids is 1. The van der Waals surface area contributed by atoms with Gasteiger partial charge in [0.05, 0.1) is 6.04 Å². The molecular weight excluding hydrogens is 228 g/mol. The summed E-state index contributed by atoms with van der Waals surface area (Å²) < 4.78 is 0. The van der Waals surface area contributed by atoms with E-state index in [1.165, 1.54) is 0 Å². The molecule has 2 rings (SSSR count). The van der Waals surface area contributed by atoms with Gasteiger partial charge in [-0.1, -0.05) is 12.5 Å². The van der Waals surface area contributed by atoms with E-state index in [2.05, 4.69) is 5.32 Å². The second-order valence-electron chi connectivity index (χ2n) is 4.60. The number of phenols is 1. The maximum Gasteiger partial charge on any atom is 0.244 e. The minimum Gasteiger partial charge on any atom is -0.508 e. The average Bonchev–Trinajstić information content (AvgIpc) is 2.40. The molecule has 1 amide bonds. The number of aromatic hydroxyl groups is 1. The van der Waals surface area contributed by atoms with Gasteiger partial charge in [0.1, 0.15) is 5.75 Å². The second kappa shape index (κ2) is 5.87. The smallest absolute Gasteiger partial charge is 0.244 e. The van der Waals surface area contributed by atoms with E-state index in [1.807, 2.05) is 13.0 Å². The monoisotopic (exact) mass is 248 g/mol. The number of hydrogen-bond donors (Lipinski definition) is 2. The summed E-state index contributed by atoms with van der Waals surface area (Å²) in [6.45, 7) is 3.47. The Morgan fingerprint density at radius 1 is 1.50 bits per heavy atom. The van der Waals surface area contributed by atoms with Gasteiger partial charge in [0, 0.05) is 18.3 Å². The first-order valence-electron chi connectivity index (χ1n) is 6.56. The molecule has 1 heterocycles. The zero-order chi connectivity index (χ0) is 13.0. The number of phenolic OH excluding ortho intramolecular Hbond substituents is 1. The Kier molecular flexibility index (Phi) is 4.20. The van der Waals surface area contributed by atoms with Gasteiger partial charge in [0.25, 0.3) is 0 Å². The fourth-order valence-corrected chi connectivity index (χ4v) is 2.38. The first-order chi connectivity index (χ1) is 8.72. The molecule has 2 N–H and O–H groups in total. The molecule has 0 spiro atoms. The first-order valence-corrected chi connectivity index (χ1v) is 6.56. The molecule has 0 aliphatic carbocycles. The van der Waals surface area contributed by atoms with Crippen molar-refractivity contribution in [3.63, 3.8) is 0 Å². The molecule has 1 fully saturated rings. The molecule has 4 heteroatoms. The van der Waals surface area contributed by atoms with Crippen LogP contribution in [-0.4, -0.2) is 30.1 Å². The Bertz CT molecular complexity index is 414. The maximum absolute atomic E-state index is 12.4. The molecule has 0 bridgehead atoms. The minimum absolute atomic E-state index is 0.0824. The van der Waals surface area contributed by atoms with Gasteiger partial charge in [0.15, 0.2) is 0 Å². The zero-order valence-corrected chi connectivity index (χ0v) is 10.7. The third kappa shape index (κ3) is 2.82. The van der Waals surface area contributed by atoms with Crippen molar-refractivity contribution in [2.45, 2.75) is 32.2 Å². The van der Waals surface area contributed by atoms with Crippen LogP contribution in [0.4, 0.5) is 5.69 Å². The molecule has 1 aromatic carbocycles. The van der Waals surface area contributed by atoms with Crippen LogP contribution in [0.15, 0.2) is 24.3 Å². The Balaban J connectivity index is 2.14. The Morgan fingerprint density at radius 3 is 2.94 bits per heavy atom. The summed E-state index contributed by atoms with van der Waals surface area (Å²) in [7, 11) is 0. The summed E-state index contributed by atoms with van der Waals surface area (Å²) >= 11 is 0. The van der Waals surface area contributed by atoms with Gasteiger partial charge in [-0.05, 0) is 38.4 Å². The summed E-state index contributed by atoms with van der Waals surface area (Å²) in [5.74, 6) is 0.290. The summed E-state index contributed by atoms with van der Waals surface area (Å²) in [4.78, 5) is 14.1. The van der Waals surface area contributed by atoms with Crippen molar-refractivity contribution < 1.29 is 9.90 Å². The highest BCUT2D eigenvalue weighted by Gasteiger charge is 2.25. The van der Waals surface area contributed by atoms with E-state index >= 15 is 0 Å². The van der Waals surface area contributed by atoms with E-state index in [0.717, 1.165) is 31.5 Å². The number of amides is 1. The molecule has 1 aromatic rings. The summed E-state index contributed by atoms with van der Waals surface area (Å²) in [6.07, 6.45) is 3.14. The van der Waals surface area contributed by atoms with Crippen LogP contribution < -0.4 is 10.2 Å². The fraction of sp³-hybridized carbons (Fsp3) is 0.500. The van der Waals surface area contributed by atoms with Crippen LogP contribution in [0.25, 0.3) is 0 Å². The number of nitrogens with zero attached hydrogens (tertiary/aromatic N) is 1. The SMILES string of the molecule is CCN(C(=O)[C@H]1CCCCN1)c1cccc(O)c1. The number of carbonyl (C=O) groups is 1. The van der Waals surface area contributed by atoms with Crippen molar-refractivity contribution >= 4 is 11.6 Å². The van der Waals surface area contributed by atoms with E-state index < -0.39 is 0 Å². The van der Waals surface area contributed by atoms with E-state index in [9.17, 15) is 9.90 Å². The van der Waals surface area contributed by atoms with Crippen LogP contribution in [0.2, 0.25) is 0 Å². The number of nitrogens with one attached hydrogen (secondary N) is 1. The van der Waals surface area contributed by atoms with Gasteiger partial charge in [-0.25, -0.2) is 0 Å². The van der Waals surface area contributed by atoms with Gasteiger partial charge < -0.3 is 15.3 Å². The van der Waals surface area contributed by atoms with Crippen LogP contribution in [0.5, 0.6) is 5.75 Å². The first kappa shape index (κ1) is 12.9. The summed E-state index contributed by atoms with van der Waals surface area (Å²) in [6, 6.07) is 6.77. The topological polar surface area (TPSA) is 52.6 Å². The summed E-state index contributed by atoms with van der Waals surface area (Å²) in [5, 5.41) is 12.8. The number of anilines is 1. The molecular formula is C14H20N2O2. The average molecular weight is 248 g/mol. The standard InChI is InChI=1S/C14H20N2O2/c1-2-16(11-6-5-7-12(17)10-11)14(18)13-8-3-4-9-15-13/h5-7,10,13,15,17H,2-4,8-9H2,1H3/t13-/m1/s1. The normalized spacial score (nSPS) is 19.5. The molecule has 18 heavy (non-hydrogen) atoms. The third-order valence-electron chi connectivity index (χ3n) is 3.33. The van der Waals surface area contributed by atoms with Crippen molar-refractivity contribution in [3.8, 4) is 5.75 Å². The number of piperidine rings is 1. The molecule has 0 saturated carbocycles. The van der Waals surface area contributed by atoms with Crippen LogP contribution in [0.1, 0.15) is 26.2 Å². The number of likely N-dealkylation sites (N-methyl/N-ethyl adjacent to an activating group) is 1.